The molecule has 1 heterocycles. The normalized spacial score (nSPS) is 11.4. The zero-order valence-corrected chi connectivity index (χ0v) is 19.6. The van der Waals surface area contributed by atoms with Crippen LogP contribution in [0.1, 0.15) is 16.8 Å². The van der Waals surface area contributed by atoms with Crippen LogP contribution < -0.4 is 10.1 Å². The molecule has 0 aliphatic rings. The van der Waals surface area contributed by atoms with Gasteiger partial charge < -0.3 is 14.8 Å². The minimum Gasteiger partial charge on any atom is -0.487 e. The average Bonchev–Trinajstić information content (AvgIpc) is 2.87. The molecular weight excluding hydrogens is 448 g/mol. The summed E-state index contributed by atoms with van der Waals surface area (Å²) in [5, 5.41) is 4.67. The number of ether oxygens (including phenoxy) is 2. The van der Waals surface area contributed by atoms with Crippen molar-refractivity contribution in [1.29, 1.82) is 0 Å². The summed E-state index contributed by atoms with van der Waals surface area (Å²) in [5.41, 5.74) is 4.74. The molecule has 1 amide bonds. The van der Waals surface area contributed by atoms with Crippen LogP contribution in [0.15, 0.2) is 84.9 Å². The van der Waals surface area contributed by atoms with Gasteiger partial charge in [-0.05, 0) is 59.2 Å². The third-order valence-electron chi connectivity index (χ3n) is 5.23. The highest BCUT2D eigenvalue weighted by atomic mass is 35.5. The Balaban J connectivity index is 1.47. The Hall–Kier alpha value is -3.67. The van der Waals surface area contributed by atoms with Gasteiger partial charge in [0, 0.05) is 24.1 Å². The lowest BCUT2D eigenvalue weighted by Gasteiger charge is -2.12. The Bertz CT molecular complexity index is 1290. The van der Waals surface area contributed by atoms with E-state index >= 15 is 0 Å². The maximum Gasteiger partial charge on any atom is 0.246 e. The fourth-order valence-corrected chi connectivity index (χ4v) is 3.61. The van der Waals surface area contributed by atoms with Crippen molar-refractivity contribution in [2.75, 3.05) is 20.3 Å². The number of para-hydroxylation sites is 1. The number of hydrogen-bond donors (Lipinski definition) is 1. The van der Waals surface area contributed by atoms with E-state index in [0.29, 0.717) is 18.2 Å². The van der Waals surface area contributed by atoms with Crippen molar-refractivity contribution >= 4 is 40.1 Å². The number of amides is 1. The van der Waals surface area contributed by atoms with E-state index in [0.717, 1.165) is 39.0 Å². The number of nitrogens with zero attached hydrogens (tertiary/aromatic N) is 1. The zero-order chi connectivity index (χ0) is 23.8. The number of nitrogens with one attached hydrogen (secondary N) is 1. The summed E-state index contributed by atoms with van der Waals surface area (Å²) in [5.74, 6) is 0.570. The van der Waals surface area contributed by atoms with Gasteiger partial charge in [0.1, 0.15) is 19.0 Å². The molecule has 5 nitrogen and oxygen atoms in total. The van der Waals surface area contributed by atoms with Crippen LogP contribution in [0.4, 0.5) is 0 Å². The highest BCUT2D eigenvalue weighted by Crippen LogP contribution is 2.23. The largest absolute Gasteiger partial charge is 0.487 e. The van der Waals surface area contributed by atoms with E-state index in [2.05, 4.69) is 16.4 Å². The lowest BCUT2D eigenvalue weighted by molar-refractivity contribution is -0.124. The van der Waals surface area contributed by atoms with Crippen molar-refractivity contribution in [3.8, 4) is 5.75 Å². The fourth-order valence-electron chi connectivity index (χ4n) is 3.48. The molecular formula is C28H25ClN2O3. The lowest BCUT2D eigenvalue weighted by atomic mass is 10.0. The van der Waals surface area contributed by atoms with Crippen molar-refractivity contribution < 1.29 is 14.3 Å². The van der Waals surface area contributed by atoms with Crippen molar-refractivity contribution in [3.63, 3.8) is 0 Å². The first-order valence-electron chi connectivity index (χ1n) is 10.9. The van der Waals surface area contributed by atoms with Crippen molar-refractivity contribution in [2.45, 2.75) is 6.61 Å². The molecule has 1 N–H and O–H groups in total. The quantitative estimate of drug-likeness (QED) is 0.314. The highest BCUT2D eigenvalue weighted by Gasteiger charge is 2.07. The zero-order valence-electron chi connectivity index (χ0n) is 18.8. The molecule has 4 rings (SSSR count). The smallest absolute Gasteiger partial charge is 0.246 e. The van der Waals surface area contributed by atoms with E-state index in [9.17, 15) is 4.79 Å². The second kappa shape index (κ2) is 11.5. The topological polar surface area (TPSA) is 60.5 Å². The molecule has 0 unspecified atom stereocenters. The number of pyridine rings is 1. The maximum absolute atomic E-state index is 11.9. The fraction of sp³-hybridized carbons (Fsp3) is 0.143. The Morgan fingerprint density at radius 3 is 2.50 bits per heavy atom. The molecule has 0 aliphatic carbocycles. The molecule has 1 aromatic heterocycles. The van der Waals surface area contributed by atoms with Crippen LogP contribution >= 0.6 is 11.6 Å². The Morgan fingerprint density at radius 2 is 1.74 bits per heavy atom. The van der Waals surface area contributed by atoms with Crippen LogP contribution in [-0.4, -0.2) is 31.2 Å². The first-order valence-corrected chi connectivity index (χ1v) is 11.3. The highest BCUT2D eigenvalue weighted by molar-refractivity contribution is 6.30. The summed E-state index contributed by atoms with van der Waals surface area (Å²) in [6, 6.07) is 27.4. The molecule has 0 atom stereocenters. The monoisotopic (exact) mass is 472 g/mol. The lowest BCUT2D eigenvalue weighted by Crippen LogP contribution is -2.28. The second-order valence-electron chi connectivity index (χ2n) is 7.74. The molecule has 0 spiro atoms. The van der Waals surface area contributed by atoms with E-state index in [1.807, 2.05) is 84.9 Å². The van der Waals surface area contributed by atoms with Crippen LogP contribution in [0.2, 0.25) is 5.02 Å². The minimum absolute atomic E-state index is 0.0177. The van der Waals surface area contributed by atoms with Crippen molar-refractivity contribution in [1.82, 2.24) is 10.3 Å². The molecule has 0 saturated heterocycles. The third-order valence-corrected chi connectivity index (χ3v) is 5.48. The number of halogens is 1. The summed E-state index contributed by atoms with van der Waals surface area (Å²) in [6.07, 6.45) is 2.03. The van der Waals surface area contributed by atoms with Gasteiger partial charge in [-0.3, -0.25) is 4.79 Å². The van der Waals surface area contributed by atoms with Gasteiger partial charge in [-0.25, -0.2) is 4.98 Å². The van der Waals surface area contributed by atoms with Gasteiger partial charge >= 0.3 is 0 Å². The number of rotatable bonds is 9. The Labute approximate surface area is 204 Å². The minimum atomic E-state index is -0.174. The second-order valence-corrected chi connectivity index (χ2v) is 8.18. The van der Waals surface area contributed by atoms with E-state index < -0.39 is 0 Å². The number of aromatic nitrogens is 1. The van der Waals surface area contributed by atoms with E-state index in [1.165, 1.54) is 7.11 Å². The summed E-state index contributed by atoms with van der Waals surface area (Å²) >= 11 is 6.01. The SMILES string of the molecule is COCC(=O)NC/C(=C/c1ccc(Cl)cc1)c1ccc(OCc2ccc3ccccc3n2)cc1. The van der Waals surface area contributed by atoms with Crippen molar-refractivity contribution in [2.24, 2.45) is 0 Å². The van der Waals surface area contributed by atoms with Gasteiger partial charge in [0.05, 0.1) is 11.2 Å². The number of benzene rings is 3. The van der Waals surface area contributed by atoms with Crippen LogP contribution in [-0.2, 0) is 16.1 Å². The first kappa shape index (κ1) is 23.5. The molecule has 0 saturated carbocycles. The van der Waals surface area contributed by atoms with Gasteiger partial charge in [-0.2, -0.15) is 0 Å². The number of hydrogen-bond acceptors (Lipinski definition) is 4. The molecule has 0 bridgehead atoms. The summed E-state index contributed by atoms with van der Waals surface area (Å²) in [4.78, 5) is 16.6. The van der Waals surface area contributed by atoms with Gasteiger partial charge in [0.15, 0.2) is 0 Å². The van der Waals surface area contributed by atoms with Gasteiger partial charge in [0.25, 0.3) is 0 Å². The first-order chi connectivity index (χ1) is 16.6. The molecule has 0 aliphatic heterocycles. The number of carbonyl (C=O) groups excluding carboxylic acids is 1. The molecule has 0 fully saturated rings. The van der Waals surface area contributed by atoms with Crippen molar-refractivity contribution in [3.05, 3.63) is 107 Å². The number of carbonyl (C=O) groups is 1. The number of methoxy groups -OCH3 is 1. The van der Waals surface area contributed by atoms with E-state index in [1.54, 1.807) is 0 Å². The maximum atomic E-state index is 11.9. The third kappa shape index (κ3) is 6.44. The van der Waals surface area contributed by atoms with Crippen LogP contribution in [0, 0.1) is 0 Å². The molecule has 0 radical (unpaired) electrons. The predicted molar refractivity (Wildman–Crippen MR) is 137 cm³/mol. The predicted octanol–water partition coefficient (Wildman–Crippen LogP) is 5.77. The van der Waals surface area contributed by atoms with E-state index in [-0.39, 0.29) is 12.5 Å². The molecule has 172 valence electrons. The molecule has 3 aromatic carbocycles. The van der Waals surface area contributed by atoms with Gasteiger partial charge in [0.2, 0.25) is 5.91 Å². The Morgan fingerprint density at radius 1 is 0.971 bits per heavy atom. The van der Waals surface area contributed by atoms with Crippen LogP contribution in [0.5, 0.6) is 5.75 Å². The number of fused-ring (bicyclic) bond motifs is 1. The van der Waals surface area contributed by atoms with Crippen LogP contribution in [0.3, 0.4) is 0 Å². The Kier molecular flexibility index (Phi) is 7.91. The molecule has 6 heteroatoms. The van der Waals surface area contributed by atoms with Gasteiger partial charge in [-0.15, -0.1) is 0 Å². The standard InChI is InChI=1S/C28H25ClN2O3/c1-33-19-28(32)30-17-23(16-20-6-11-24(29)12-7-20)21-9-14-26(15-10-21)34-18-25-13-8-22-4-2-3-5-27(22)31-25/h2-16H,17-19H2,1H3,(H,30,32)/b23-16-. The summed E-state index contributed by atoms with van der Waals surface area (Å²) in [6.45, 7) is 0.764. The van der Waals surface area contributed by atoms with E-state index in [4.69, 9.17) is 21.1 Å². The van der Waals surface area contributed by atoms with Gasteiger partial charge in [-0.1, -0.05) is 60.1 Å². The molecule has 4 aromatic rings. The summed E-state index contributed by atoms with van der Waals surface area (Å²) < 4.78 is 10.9. The molecule has 34 heavy (non-hydrogen) atoms. The average molecular weight is 473 g/mol. The van der Waals surface area contributed by atoms with Crippen LogP contribution in [0.25, 0.3) is 22.6 Å². The summed E-state index contributed by atoms with van der Waals surface area (Å²) in [7, 11) is 1.50.